The largest absolute Gasteiger partial charge is 0.375 e. The number of carbonyl (C=O) groups excluding carboxylic acids is 1. The van der Waals surface area contributed by atoms with Crippen LogP contribution in [0.1, 0.15) is 88.9 Å². The number of benzene rings is 1. The first-order valence-electron chi connectivity index (χ1n) is 16.3. The van der Waals surface area contributed by atoms with Crippen LogP contribution < -0.4 is 16.2 Å². The quantitative estimate of drug-likeness (QED) is 0.217. The van der Waals surface area contributed by atoms with Crippen molar-refractivity contribution in [2.24, 2.45) is 4.99 Å². The first kappa shape index (κ1) is 37.8. The predicted octanol–water partition coefficient (Wildman–Crippen LogP) is 7.30. The van der Waals surface area contributed by atoms with Gasteiger partial charge in [0.15, 0.2) is 0 Å². The van der Waals surface area contributed by atoms with Gasteiger partial charge in [-0.05, 0) is 67.5 Å². The molecule has 0 bridgehead atoms. The van der Waals surface area contributed by atoms with E-state index in [1.165, 1.54) is 17.1 Å². The molecule has 0 radical (unpaired) electrons. The fourth-order valence-corrected chi connectivity index (χ4v) is 4.77. The van der Waals surface area contributed by atoms with Gasteiger partial charge in [0.25, 0.3) is 5.56 Å². The molecule has 248 valence electrons. The van der Waals surface area contributed by atoms with Gasteiger partial charge in [-0.1, -0.05) is 76.5 Å². The van der Waals surface area contributed by atoms with E-state index < -0.39 is 6.04 Å². The lowest BCUT2D eigenvalue weighted by Crippen LogP contribution is -2.37. The molecule has 9 heteroatoms. The lowest BCUT2D eigenvalue weighted by atomic mass is 10.1. The molecule has 0 saturated carbocycles. The minimum absolute atomic E-state index is 0.0793. The molecule has 0 saturated heterocycles. The first-order chi connectivity index (χ1) is 22.2. The summed E-state index contributed by atoms with van der Waals surface area (Å²) in [6.07, 6.45) is 15.9. The Kier molecular flexibility index (Phi) is 16.9. The number of hydrogen-bond donors (Lipinski definition) is 2. The number of hydrogen-bond acceptors (Lipinski definition) is 6. The third-order valence-corrected chi connectivity index (χ3v) is 7.33. The van der Waals surface area contributed by atoms with Gasteiger partial charge in [0.05, 0.1) is 6.20 Å². The molecule has 3 aromatic rings. The Labute approximate surface area is 274 Å². The summed E-state index contributed by atoms with van der Waals surface area (Å²) in [6, 6.07) is 8.33. The molecule has 1 unspecified atom stereocenters. The van der Waals surface area contributed by atoms with E-state index >= 15 is 0 Å². The fourth-order valence-electron chi connectivity index (χ4n) is 4.77. The predicted molar refractivity (Wildman–Crippen MR) is 189 cm³/mol. The van der Waals surface area contributed by atoms with Crippen LogP contribution in [0.4, 0.5) is 10.1 Å². The molecule has 0 aliphatic carbocycles. The van der Waals surface area contributed by atoms with Crippen molar-refractivity contribution in [3.05, 3.63) is 105 Å². The van der Waals surface area contributed by atoms with Crippen LogP contribution in [0.5, 0.6) is 0 Å². The average molecular weight is 631 g/mol. The molecule has 3 heterocycles. The first-order valence-corrected chi connectivity index (χ1v) is 16.3. The number of nitrogens with one attached hydrogen (secondary N) is 2. The summed E-state index contributed by atoms with van der Waals surface area (Å²) in [4.78, 5) is 38.8. The SMILES string of the molecule is C/C=C(\C=NC)CNc1cnc2n(c1=O)C(C(=O)NC/C(=C/c1cnccc1C)CC)CC2.CCC.CCCc1ccccc1F. The number of fused-ring (bicyclic) bond motifs is 1. The second-order valence-electron chi connectivity index (χ2n) is 11.1. The number of aliphatic imine (C=N–C) groups is 1. The van der Waals surface area contributed by atoms with Gasteiger partial charge in [0.1, 0.15) is 23.4 Å². The van der Waals surface area contributed by atoms with Crippen LogP contribution in [0, 0.1) is 12.7 Å². The van der Waals surface area contributed by atoms with E-state index in [1.54, 1.807) is 31.7 Å². The maximum absolute atomic E-state index is 13.1. The number of carbonyl (C=O) groups is 1. The highest BCUT2D eigenvalue weighted by Crippen LogP contribution is 2.23. The van der Waals surface area contributed by atoms with Gasteiger partial charge in [-0.2, -0.15) is 0 Å². The monoisotopic (exact) mass is 630 g/mol. The summed E-state index contributed by atoms with van der Waals surface area (Å²) < 4.78 is 14.3. The zero-order valence-electron chi connectivity index (χ0n) is 28.6. The summed E-state index contributed by atoms with van der Waals surface area (Å²) in [5, 5.41) is 6.14. The smallest absolute Gasteiger partial charge is 0.277 e. The van der Waals surface area contributed by atoms with Gasteiger partial charge in [0, 0.05) is 45.2 Å². The van der Waals surface area contributed by atoms with Crippen LogP contribution in [0.25, 0.3) is 6.08 Å². The number of amides is 1. The van der Waals surface area contributed by atoms with Crippen molar-refractivity contribution in [3.8, 4) is 0 Å². The van der Waals surface area contributed by atoms with Crippen LogP contribution in [-0.2, 0) is 17.6 Å². The van der Waals surface area contributed by atoms with Crippen molar-refractivity contribution in [3.63, 3.8) is 0 Å². The molecule has 1 aromatic carbocycles. The highest BCUT2D eigenvalue weighted by atomic mass is 19.1. The van der Waals surface area contributed by atoms with Crippen molar-refractivity contribution in [2.45, 2.75) is 86.1 Å². The maximum Gasteiger partial charge on any atom is 0.277 e. The number of anilines is 1. The van der Waals surface area contributed by atoms with Crippen LogP contribution in [0.2, 0.25) is 0 Å². The second kappa shape index (κ2) is 20.6. The minimum Gasteiger partial charge on any atom is -0.375 e. The lowest BCUT2D eigenvalue weighted by Gasteiger charge is -2.16. The van der Waals surface area contributed by atoms with Gasteiger partial charge in [-0.25, -0.2) is 9.37 Å². The number of pyridine rings is 1. The summed E-state index contributed by atoms with van der Waals surface area (Å²) in [7, 11) is 1.70. The fraction of sp³-hybridized carbons (Fsp3) is 0.432. The molecule has 1 aliphatic rings. The second-order valence-corrected chi connectivity index (χ2v) is 11.1. The molecule has 46 heavy (non-hydrogen) atoms. The molecule has 1 amide bonds. The number of nitrogens with zero attached hydrogens (tertiary/aromatic N) is 4. The molecule has 2 N–H and O–H groups in total. The number of halogens is 1. The van der Waals surface area contributed by atoms with E-state index in [0.29, 0.717) is 37.4 Å². The van der Waals surface area contributed by atoms with Crippen LogP contribution >= 0.6 is 0 Å². The topological polar surface area (TPSA) is 101 Å². The van der Waals surface area contributed by atoms with E-state index in [1.807, 2.05) is 51.2 Å². The number of rotatable bonds is 11. The Morgan fingerprint density at radius 2 is 1.87 bits per heavy atom. The highest BCUT2D eigenvalue weighted by Gasteiger charge is 2.31. The minimum atomic E-state index is -0.557. The van der Waals surface area contributed by atoms with E-state index in [9.17, 15) is 14.0 Å². The third kappa shape index (κ3) is 11.5. The molecule has 0 fully saturated rings. The van der Waals surface area contributed by atoms with Crippen LogP contribution in [0.15, 0.2) is 75.9 Å². The zero-order chi connectivity index (χ0) is 33.9. The van der Waals surface area contributed by atoms with Crippen molar-refractivity contribution < 1.29 is 9.18 Å². The van der Waals surface area contributed by atoms with Crippen molar-refractivity contribution >= 4 is 23.9 Å². The van der Waals surface area contributed by atoms with Gasteiger partial charge in [-0.3, -0.25) is 24.1 Å². The summed E-state index contributed by atoms with van der Waals surface area (Å²) >= 11 is 0. The molecule has 2 aromatic heterocycles. The zero-order valence-corrected chi connectivity index (χ0v) is 28.6. The Morgan fingerprint density at radius 3 is 2.50 bits per heavy atom. The molecule has 1 aliphatic heterocycles. The Balaban J connectivity index is 0.000000473. The van der Waals surface area contributed by atoms with E-state index in [0.717, 1.165) is 47.1 Å². The molecule has 1 atom stereocenters. The van der Waals surface area contributed by atoms with Gasteiger partial charge in [0.2, 0.25) is 5.91 Å². The van der Waals surface area contributed by atoms with Crippen molar-refractivity contribution in [1.29, 1.82) is 0 Å². The van der Waals surface area contributed by atoms with E-state index in [2.05, 4.69) is 52.4 Å². The maximum atomic E-state index is 13.1. The summed E-state index contributed by atoms with van der Waals surface area (Å²) in [5.74, 6) is 0.401. The third-order valence-electron chi connectivity index (χ3n) is 7.33. The Morgan fingerprint density at radius 1 is 1.13 bits per heavy atom. The standard InChI is InChI=1S/C25H32N6O2.C9H11F.C3H8/c1-5-18(11-20-15-27-10-9-17(20)3)13-30-24(32)22-7-8-23-29-16-21(25(33)31(22)23)28-14-19(6-2)12-26-4;1-2-5-8-6-3-4-7-9(8)10;1-3-2/h6,9-12,15-16,22,28H,5,7-8,13-14H2,1-4H3,(H,30,32);3-4,6-7H,2,5H2,1H3;3H2,1-2H3/b18-11+,19-6+,26-12?;;. The highest BCUT2D eigenvalue weighted by molar-refractivity contribution is 5.81. The van der Waals surface area contributed by atoms with Crippen molar-refractivity contribution in [1.82, 2.24) is 19.9 Å². The molecule has 8 nitrogen and oxygen atoms in total. The molecular formula is C37H51FN6O2. The van der Waals surface area contributed by atoms with Gasteiger partial charge < -0.3 is 10.6 Å². The Bertz CT molecular complexity index is 1540. The number of allylic oxidation sites excluding steroid dienone is 1. The molecular weight excluding hydrogens is 579 g/mol. The normalized spacial score (nSPS) is 14.1. The Hall–Kier alpha value is -4.40. The molecule has 0 spiro atoms. The summed E-state index contributed by atoms with van der Waals surface area (Å²) in [5.41, 5.74) is 5.21. The average Bonchev–Trinajstić information content (AvgIpc) is 3.50. The van der Waals surface area contributed by atoms with Gasteiger partial charge >= 0.3 is 0 Å². The van der Waals surface area contributed by atoms with Crippen molar-refractivity contribution in [2.75, 3.05) is 25.5 Å². The lowest BCUT2D eigenvalue weighted by molar-refractivity contribution is -0.124. The van der Waals surface area contributed by atoms with Crippen LogP contribution in [-0.4, -0.2) is 46.8 Å². The van der Waals surface area contributed by atoms with Crippen LogP contribution in [0.3, 0.4) is 0 Å². The summed E-state index contributed by atoms with van der Waals surface area (Å²) in [6.45, 7) is 13.2. The molecule has 4 rings (SSSR count). The van der Waals surface area contributed by atoms with Gasteiger partial charge in [-0.15, -0.1) is 0 Å². The number of aryl methyl sites for hydroxylation is 3. The van der Waals surface area contributed by atoms with E-state index in [4.69, 9.17) is 0 Å². The number of aromatic nitrogens is 3. The van der Waals surface area contributed by atoms with E-state index in [-0.39, 0.29) is 17.3 Å².